The summed E-state index contributed by atoms with van der Waals surface area (Å²) in [4.78, 5) is 34.3. The molecule has 1 N–H and O–H groups in total. The number of fused-ring (bicyclic) bond motifs is 1. The Morgan fingerprint density at radius 3 is 2.41 bits per heavy atom. The third kappa shape index (κ3) is 1.54. The first-order valence-corrected chi connectivity index (χ1v) is 4.86. The predicted octanol–water partition coefficient (Wildman–Crippen LogP) is -0.0646. The number of carbonyl (C=O) groups is 1. The van der Waals surface area contributed by atoms with Crippen molar-refractivity contribution in [1.29, 1.82) is 0 Å². The first-order chi connectivity index (χ1) is 7.93. The molecule has 6 heteroatoms. The number of aromatic nitrogens is 2. The van der Waals surface area contributed by atoms with E-state index in [9.17, 15) is 14.4 Å². The quantitative estimate of drug-likeness (QED) is 0.749. The summed E-state index contributed by atoms with van der Waals surface area (Å²) in [5, 5.41) is 9.07. The fourth-order valence-corrected chi connectivity index (χ4v) is 1.73. The van der Waals surface area contributed by atoms with Crippen LogP contribution in [0.15, 0.2) is 27.8 Å². The normalized spacial score (nSPS) is 10.7. The lowest BCUT2D eigenvalue weighted by Gasteiger charge is -2.07. The van der Waals surface area contributed by atoms with Crippen LogP contribution >= 0.6 is 0 Å². The van der Waals surface area contributed by atoms with Gasteiger partial charge in [0.25, 0.3) is 5.56 Å². The van der Waals surface area contributed by atoms with Crippen LogP contribution in [0.25, 0.3) is 10.9 Å². The van der Waals surface area contributed by atoms with Crippen molar-refractivity contribution in [3.63, 3.8) is 0 Å². The molecule has 0 bridgehead atoms. The lowest BCUT2D eigenvalue weighted by Crippen LogP contribution is -2.37. The molecule has 1 aromatic heterocycles. The lowest BCUT2D eigenvalue weighted by atomic mass is 10.1. The number of carboxylic acids is 1. The summed E-state index contributed by atoms with van der Waals surface area (Å²) < 4.78 is 2.26. The highest BCUT2D eigenvalue weighted by molar-refractivity contribution is 5.93. The van der Waals surface area contributed by atoms with Gasteiger partial charge >= 0.3 is 11.7 Å². The van der Waals surface area contributed by atoms with E-state index in [1.165, 1.54) is 36.9 Å². The molecule has 0 aliphatic rings. The van der Waals surface area contributed by atoms with Crippen molar-refractivity contribution in [2.75, 3.05) is 0 Å². The minimum atomic E-state index is -1.11. The predicted molar refractivity (Wildman–Crippen MR) is 61.4 cm³/mol. The number of aryl methyl sites for hydroxylation is 1. The zero-order valence-electron chi connectivity index (χ0n) is 9.30. The van der Waals surface area contributed by atoms with Crippen LogP contribution in [-0.2, 0) is 14.1 Å². The van der Waals surface area contributed by atoms with E-state index in [1.54, 1.807) is 0 Å². The van der Waals surface area contributed by atoms with Crippen molar-refractivity contribution < 1.29 is 9.90 Å². The molecule has 0 amide bonds. The molecule has 6 nitrogen and oxygen atoms in total. The van der Waals surface area contributed by atoms with Gasteiger partial charge in [-0.3, -0.25) is 13.9 Å². The van der Waals surface area contributed by atoms with Gasteiger partial charge in [0.2, 0.25) is 0 Å². The second-order valence-corrected chi connectivity index (χ2v) is 3.74. The van der Waals surface area contributed by atoms with E-state index >= 15 is 0 Å². The number of aromatic carboxylic acids is 1. The van der Waals surface area contributed by atoms with E-state index in [1.807, 2.05) is 0 Å². The van der Waals surface area contributed by atoms with Crippen LogP contribution in [-0.4, -0.2) is 20.2 Å². The molecule has 0 atom stereocenters. The van der Waals surface area contributed by atoms with Crippen molar-refractivity contribution in [2.24, 2.45) is 14.1 Å². The summed E-state index contributed by atoms with van der Waals surface area (Å²) >= 11 is 0. The monoisotopic (exact) mass is 234 g/mol. The zero-order valence-corrected chi connectivity index (χ0v) is 9.30. The number of hydrogen-bond acceptors (Lipinski definition) is 3. The average molecular weight is 234 g/mol. The summed E-state index contributed by atoms with van der Waals surface area (Å²) in [5.41, 5.74) is -0.492. The summed E-state index contributed by atoms with van der Waals surface area (Å²) in [7, 11) is 2.89. The summed E-state index contributed by atoms with van der Waals surface area (Å²) in [5.74, 6) is -1.11. The standard InChI is InChI=1S/C11H10N2O4/c1-12-8-4-3-6(10(15)16)5-7(8)9(14)13(2)11(12)17/h3-5H,1-2H3,(H,15,16). The second-order valence-electron chi connectivity index (χ2n) is 3.74. The maximum atomic E-state index is 11.8. The Morgan fingerprint density at radius 1 is 1.18 bits per heavy atom. The zero-order chi connectivity index (χ0) is 12.7. The van der Waals surface area contributed by atoms with Gasteiger partial charge < -0.3 is 5.11 Å². The highest BCUT2D eigenvalue weighted by Gasteiger charge is 2.11. The van der Waals surface area contributed by atoms with Crippen molar-refractivity contribution in [3.8, 4) is 0 Å². The maximum Gasteiger partial charge on any atom is 0.335 e. The van der Waals surface area contributed by atoms with E-state index in [4.69, 9.17) is 5.11 Å². The highest BCUT2D eigenvalue weighted by Crippen LogP contribution is 2.10. The maximum absolute atomic E-state index is 11.8. The number of hydrogen-bond donors (Lipinski definition) is 1. The van der Waals surface area contributed by atoms with Gasteiger partial charge in [-0.1, -0.05) is 0 Å². The first-order valence-electron chi connectivity index (χ1n) is 4.86. The van der Waals surface area contributed by atoms with Crippen LogP contribution < -0.4 is 11.2 Å². The van der Waals surface area contributed by atoms with Crippen LogP contribution in [0, 0.1) is 0 Å². The highest BCUT2D eigenvalue weighted by atomic mass is 16.4. The van der Waals surface area contributed by atoms with E-state index in [0.29, 0.717) is 5.52 Å². The molecule has 1 aromatic carbocycles. The molecule has 2 aromatic rings. The molecule has 88 valence electrons. The molecular weight excluding hydrogens is 224 g/mol. The summed E-state index contributed by atoms with van der Waals surface area (Å²) in [6, 6.07) is 4.10. The smallest absolute Gasteiger partial charge is 0.335 e. The van der Waals surface area contributed by atoms with Gasteiger partial charge in [0, 0.05) is 14.1 Å². The lowest BCUT2D eigenvalue weighted by molar-refractivity contribution is 0.0697. The van der Waals surface area contributed by atoms with Gasteiger partial charge in [0.05, 0.1) is 16.5 Å². The van der Waals surface area contributed by atoms with Crippen LogP contribution in [0.4, 0.5) is 0 Å². The van der Waals surface area contributed by atoms with Gasteiger partial charge in [-0.05, 0) is 18.2 Å². The van der Waals surface area contributed by atoms with E-state index in [2.05, 4.69) is 0 Å². The largest absolute Gasteiger partial charge is 0.478 e. The molecule has 0 fully saturated rings. The molecule has 0 aliphatic heterocycles. The van der Waals surface area contributed by atoms with Gasteiger partial charge in [-0.2, -0.15) is 0 Å². The molecule has 0 unspecified atom stereocenters. The minimum Gasteiger partial charge on any atom is -0.478 e. The topological polar surface area (TPSA) is 81.3 Å². The number of carboxylic acid groups (broad SMARTS) is 1. The Bertz CT molecular complexity index is 739. The van der Waals surface area contributed by atoms with Crippen LogP contribution in [0.3, 0.4) is 0 Å². The van der Waals surface area contributed by atoms with E-state index in [-0.39, 0.29) is 10.9 Å². The second kappa shape index (κ2) is 3.58. The molecule has 1 heterocycles. The average Bonchev–Trinajstić information content (AvgIpc) is 2.32. The van der Waals surface area contributed by atoms with E-state index in [0.717, 1.165) is 4.57 Å². The van der Waals surface area contributed by atoms with Crippen LogP contribution in [0.2, 0.25) is 0 Å². The van der Waals surface area contributed by atoms with Crippen molar-refractivity contribution >= 4 is 16.9 Å². The fraction of sp³-hybridized carbons (Fsp3) is 0.182. The molecule has 0 aliphatic carbocycles. The fourth-order valence-electron chi connectivity index (χ4n) is 1.73. The Morgan fingerprint density at radius 2 is 1.82 bits per heavy atom. The molecule has 2 rings (SSSR count). The van der Waals surface area contributed by atoms with Crippen LogP contribution in [0.5, 0.6) is 0 Å². The molecule has 17 heavy (non-hydrogen) atoms. The van der Waals surface area contributed by atoms with Gasteiger partial charge in [0.1, 0.15) is 0 Å². The Labute approximate surface area is 95.3 Å². The number of nitrogens with zero attached hydrogens (tertiary/aromatic N) is 2. The van der Waals surface area contributed by atoms with Crippen molar-refractivity contribution in [3.05, 3.63) is 44.6 Å². The number of benzene rings is 1. The van der Waals surface area contributed by atoms with E-state index < -0.39 is 17.2 Å². The molecule has 0 radical (unpaired) electrons. The third-order valence-electron chi connectivity index (χ3n) is 2.71. The Kier molecular flexibility index (Phi) is 2.35. The van der Waals surface area contributed by atoms with Gasteiger partial charge in [0.15, 0.2) is 0 Å². The molecule has 0 spiro atoms. The van der Waals surface area contributed by atoms with Crippen molar-refractivity contribution in [2.45, 2.75) is 0 Å². The SMILES string of the molecule is Cn1c(=O)c2cc(C(=O)O)ccc2n(C)c1=O. The third-order valence-corrected chi connectivity index (χ3v) is 2.71. The van der Waals surface area contributed by atoms with Gasteiger partial charge in [-0.25, -0.2) is 9.59 Å². The van der Waals surface area contributed by atoms with Gasteiger partial charge in [-0.15, -0.1) is 0 Å². The molecule has 0 saturated heterocycles. The minimum absolute atomic E-state index is 0.0215. The number of rotatable bonds is 1. The summed E-state index contributed by atoms with van der Waals surface area (Å²) in [6.07, 6.45) is 0. The Balaban J connectivity index is 3.02. The summed E-state index contributed by atoms with van der Waals surface area (Å²) in [6.45, 7) is 0. The first kappa shape index (κ1) is 11.1. The molecular formula is C11H10N2O4. The van der Waals surface area contributed by atoms with Crippen molar-refractivity contribution in [1.82, 2.24) is 9.13 Å². The van der Waals surface area contributed by atoms with Crippen LogP contribution in [0.1, 0.15) is 10.4 Å². The Hall–Kier alpha value is -2.37. The molecule has 0 saturated carbocycles.